The first-order valence-electron chi connectivity index (χ1n) is 6.45. The molecule has 0 spiro atoms. The van der Waals surface area contributed by atoms with Crippen LogP contribution in [0.1, 0.15) is 25.2 Å². The Kier molecular flexibility index (Phi) is 4.80. The molecule has 0 aliphatic rings. The van der Waals surface area contributed by atoms with Gasteiger partial charge in [-0.1, -0.05) is 32.0 Å². The summed E-state index contributed by atoms with van der Waals surface area (Å²) in [6, 6.07) is 8.04. The fourth-order valence-electron chi connectivity index (χ4n) is 1.91. The third-order valence-corrected chi connectivity index (χ3v) is 3.12. The molecule has 0 aliphatic heterocycles. The minimum absolute atomic E-state index is 0.502. The summed E-state index contributed by atoms with van der Waals surface area (Å²) in [5.74, 6) is 2.00. The average molecular weight is 279 g/mol. The zero-order valence-electron chi connectivity index (χ0n) is 11.3. The van der Waals surface area contributed by atoms with E-state index in [0.29, 0.717) is 18.3 Å². The van der Waals surface area contributed by atoms with Gasteiger partial charge in [0, 0.05) is 18.1 Å². The van der Waals surface area contributed by atoms with E-state index in [-0.39, 0.29) is 0 Å². The van der Waals surface area contributed by atoms with Crippen molar-refractivity contribution in [1.29, 1.82) is 0 Å². The summed E-state index contributed by atoms with van der Waals surface area (Å²) < 4.78 is 1.95. The van der Waals surface area contributed by atoms with Crippen LogP contribution in [0.4, 0.5) is 5.69 Å². The first-order chi connectivity index (χ1) is 9.20. The van der Waals surface area contributed by atoms with E-state index in [0.717, 1.165) is 23.6 Å². The smallest absolute Gasteiger partial charge is 0.146 e. The van der Waals surface area contributed by atoms with E-state index in [9.17, 15) is 0 Å². The van der Waals surface area contributed by atoms with Crippen molar-refractivity contribution >= 4 is 17.3 Å². The minimum atomic E-state index is 0.502. The molecule has 0 aliphatic carbocycles. The van der Waals surface area contributed by atoms with Gasteiger partial charge in [-0.05, 0) is 17.5 Å². The molecular formula is C14H19ClN4. The molecule has 0 amide bonds. The second-order valence-corrected chi connectivity index (χ2v) is 5.16. The van der Waals surface area contributed by atoms with E-state index in [2.05, 4.69) is 29.2 Å². The molecule has 102 valence electrons. The van der Waals surface area contributed by atoms with Crippen LogP contribution in [-0.4, -0.2) is 14.8 Å². The zero-order chi connectivity index (χ0) is 13.7. The fraction of sp³-hybridized carbons (Fsp3) is 0.429. The molecule has 1 heterocycles. The first kappa shape index (κ1) is 13.9. The van der Waals surface area contributed by atoms with Gasteiger partial charge in [0.25, 0.3) is 0 Å². The molecule has 0 saturated carbocycles. The lowest BCUT2D eigenvalue weighted by atomic mass is 10.2. The van der Waals surface area contributed by atoms with Gasteiger partial charge >= 0.3 is 0 Å². The maximum Gasteiger partial charge on any atom is 0.146 e. The van der Waals surface area contributed by atoms with Crippen LogP contribution in [0.25, 0.3) is 0 Å². The van der Waals surface area contributed by atoms with Crippen molar-refractivity contribution in [2.24, 2.45) is 5.92 Å². The van der Waals surface area contributed by atoms with E-state index in [1.807, 2.05) is 28.9 Å². The third-order valence-electron chi connectivity index (χ3n) is 2.83. The Bertz CT molecular complexity index is 522. The highest BCUT2D eigenvalue weighted by atomic mass is 35.5. The van der Waals surface area contributed by atoms with Crippen molar-refractivity contribution in [2.45, 2.75) is 32.8 Å². The molecule has 2 rings (SSSR count). The van der Waals surface area contributed by atoms with Gasteiger partial charge < -0.3 is 5.32 Å². The van der Waals surface area contributed by atoms with Gasteiger partial charge in [0.1, 0.15) is 12.2 Å². The van der Waals surface area contributed by atoms with Gasteiger partial charge in [-0.25, -0.2) is 9.67 Å². The SMILES string of the molecule is CC(C)Cn1ncnc1CNc1ccccc1CCl. The van der Waals surface area contributed by atoms with E-state index < -0.39 is 0 Å². The van der Waals surface area contributed by atoms with E-state index >= 15 is 0 Å². The number of hydrogen-bond acceptors (Lipinski definition) is 3. The molecular weight excluding hydrogens is 260 g/mol. The monoisotopic (exact) mass is 278 g/mol. The fourth-order valence-corrected chi connectivity index (χ4v) is 2.14. The molecule has 0 unspecified atom stereocenters. The minimum Gasteiger partial charge on any atom is -0.377 e. The van der Waals surface area contributed by atoms with Crippen LogP contribution in [0.2, 0.25) is 0 Å². The quantitative estimate of drug-likeness (QED) is 0.825. The molecule has 1 N–H and O–H groups in total. The number of para-hydroxylation sites is 1. The predicted octanol–water partition coefficient (Wildman–Crippen LogP) is 3.29. The summed E-state index contributed by atoms with van der Waals surface area (Å²) in [7, 11) is 0. The van der Waals surface area contributed by atoms with E-state index in [1.54, 1.807) is 6.33 Å². The van der Waals surface area contributed by atoms with Gasteiger partial charge in [0.15, 0.2) is 0 Å². The highest BCUT2D eigenvalue weighted by Crippen LogP contribution is 2.17. The molecule has 19 heavy (non-hydrogen) atoms. The maximum absolute atomic E-state index is 5.92. The number of nitrogens with zero attached hydrogens (tertiary/aromatic N) is 3. The number of aromatic nitrogens is 3. The first-order valence-corrected chi connectivity index (χ1v) is 6.98. The summed E-state index contributed by atoms with van der Waals surface area (Å²) in [6.07, 6.45) is 1.60. The number of hydrogen-bond donors (Lipinski definition) is 1. The van der Waals surface area contributed by atoms with Crippen molar-refractivity contribution < 1.29 is 0 Å². The molecule has 0 radical (unpaired) electrons. The summed E-state index contributed by atoms with van der Waals surface area (Å²) in [4.78, 5) is 4.30. The molecule has 0 saturated heterocycles. The Labute approximate surface area is 118 Å². The van der Waals surface area contributed by atoms with Crippen LogP contribution in [0.15, 0.2) is 30.6 Å². The highest BCUT2D eigenvalue weighted by molar-refractivity contribution is 6.17. The van der Waals surface area contributed by atoms with Crippen LogP contribution in [-0.2, 0) is 19.0 Å². The van der Waals surface area contributed by atoms with Crippen LogP contribution in [0.3, 0.4) is 0 Å². The highest BCUT2D eigenvalue weighted by Gasteiger charge is 2.07. The van der Waals surface area contributed by atoms with Crippen molar-refractivity contribution in [1.82, 2.24) is 14.8 Å². The third kappa shape index (κ3) is 3.70. The van der Waals surface area contributed by atoms with Crippen molar-refractivity contribution in [2.75, 3.05) is 5.32 Å². The Morgan fingerprint density at radius 3 is 2.84 bits per heavy atom. The number of halogens is 1. The topological polar surface area (TPSA) is 42.7 Å². The summed E-state index contributed by atoms with van der Waals surface area (Å²) in [5, 5.41) is 7.62. The van der Waals surface area contributed by atoms with Crippen LogP contribution in [0.5, 0.6) is 0 Å². The van der Waals surface area contributed by atoms with Crippen LogP contribution in [0, 0.1) is 5.92 Å². The Hall–Kier alpha value is -1.55. The number of alkyl halides is 1. The Morgan fingerprint density at radius 2 is 2.11 bits per heavy atom. The van der Waals surface area contributed by atoms with Crippen molar-refractivity contribution in [3.05, 3.63) is 42.0 Å². The lowest BCUT2D eigenvalue weighted by Crippen LogP contribution is -2.13. The molecule has 0 fully saturated rings. The van der Waals surface area contributed by atoms with Crippen LogP contribution < -0.4 is 5.32 Å². The zero-order valence-corrected chi connectivity index (χ0v) is 12.1. The largest absolute Gasteiger partial charge is 0.377 e. The standard InChI is InChI=1S/C14H19ClN4/c1-11(2)9-19-14(17-10-18-19)8-16-13-6-4-3-5-12(13)7-15/h3-6,10-11,16H,7-9H2,1-2H3. The molecule has 0 bridgehead atoms. The number of nitrogens with one attached hydrogen (secondary N) is 1. The Balaban J connectivity index is 2.04. The number of anilines is 1. The molecule has 2 aromatic rings. The van der Waals surface area contributed by atoms with Gasteiger partial charge in [-0.2, -0.15) is 5.10 Å². The van der Waals surface area contributed by atoms with Gasteiger partial charge in [0.2, 0.25) is 0 Å². The summed E-state index contributed by atoms with van der Waals surface area (Å²) in [5.41, 5.74) is 2.15. The second kappa shape index (κ2) is 6.57. The van der Waals surface area contributed by atoms with Crippen molar-refractivity contribution in [3.8, 4) is 0 Å². The van der Waals surface area contributed by atoms with Gasteiger partial charge in [-0.15, -0.1) is 11.6 Å². The number of benzene rings is 1. The molecule has 4 nitrogen and oxygen atoms in total. The summed E-state index contributed by atoms with van der Waals surface area (Å²) >= 11 is 5.92. The lowest BCUT2D eigenvalue weighted by molar-refractivity contribution is 0.468. The second-order valence-electron chi connectivity index (χ2n) is 4.90. The maximum atomic E-state index is 5.92. The van der Waals surface area contributed by atoms with Crippen molar-refractivity contribution in [3.63, 3.8) is 0 Å². The number of rotatable bonds is 6. The Morgan fingerprint density at radius 1 is 1.32 bits per heavy atom. The lowest BCUT2D eigenvalue weighted by Gasteiger charge is -2.12. The normalized spacial score (nSPS) is 10.9. The predicted molar refractivity (Wildman–Crippen MR) is 78.2 cm³/mol. The molecule has 0 atom stereocenters. The molecule has 5 heteroatoms. The summed E-state index contributed by atoms with van der Waals surface area (Å²) in [6.45, 7) is 5.87. The van der Waals surface area contributed by atoms with Crippen LogP contribution >= 0.6 is 11.6 Å². The van der Waals surface area contributed by atoms with Gasteiger partial charge in [-0.3, -0.25) is 0 Å². The molecule has 1 aromatic carbocycles. The average Bonchev–Trinajstić information content (AvgIpc) is 2.83. The van der Waals surface area contributed by atoms with E-state index in [4.69, 9.17) is 11.6 Å². The van der Waals surface area contributed by atoms with E-state index in [1.165, 1.54) is 0 Å². The molecule has 1 aromatic heterocycles. The van der Waals surface area contributed by atoms with Gasteiger partial charge in [0.05, 0.1) is 6.54 Å².